The molecule has 3 nitrogen and oxygen atoms in total. The Hall–Kier alpha value is -1.64. The van der Waals surface area contributed by atoms with Crippen molar-refractivity contribution in [2.45, 2.75) is 19.8 Å². The van der Waals surface area contributed by atoms with Crippen molar-refractivity contribution in [2.24, 2.45) is 0 Å². The molecule has 0 spiro atoms. The van der Waals surface area contributed by atoms with Gasteiger partial charge in [0.2, 0.25) is 0 Å². The molecule has 72 valence electrons. The van der Waals surface area contributed by atoms with E-state index in [1.54, 1.807) is 12.4 Å². The fraction of sp³-hybridized carbons (Fsp3) is 0.273. The van der Waals surface area contributed by atoms with E-state index < -0.39 is 0 Å². The first-order valence-electron chi connectivity index (χ1n) is 4.69. The molecule has 2 heterocycles. The first-order chi connectivity index (χ1) is 6.70. The maximum atomic E-state index is 5.79. The highest BCUT2D eigenvalue weighted by Gasteiger charge is 2.07. The fourth-order valence-corrected chi connectivity index (χ4v) is 1.61. The van der Waals surface area contributed by atoms with E-state index in [2.05, 4.69) is 23.8 Å². The first kappa shape index (κ1) is 8.94. The maximum Gasteiger partial charge on any atom is 0.131 e. The summed E-state index contributed by atoms with van der Waals surface area (Å²) in [6.45, 7) is 4.25. The number of anilines is 1. The Morgan fingerprint density at radius 3 is 2.43 bits per heavy atom. The fourth-order valence-electron chi connectivity index (χ4n) is 1.61. The van der Waals surface area contributed by atoms with Crippen LogP contribution in [0.4, 0.5) is 5.82 Å². The normalized spacial score (nSPS) is 11.1. The largest absolute Gasteiger partial charge is 0.383 e. The molecule has 0 aromatic carbocycles. The lowest BCUT2D eigenvalue weighted by atomic mass is 10.0. The molecule has 0 atom stereocenters. The van der Waals surface area contributed by atoms with Crippen molar-refractivity contribution in [1.82, 2.24) is 9.97 Å². The molecule has 0 bridgehead atoms. The van der Waals surface area contributed by atoms with Gasteiger partial charge in [-0.2, -0.15) is 0 Å². The molecule has 0 aliphatic heterocycles. The SMILES string of the molecule is CC(C)c1nccc2c(N)nccc12. The molecule has 2 aromatic rings. The van der Waals surface area contributed by atoms with Gasteiger partial charge in [-0.15, -0.1) is 0 Å². The Balaban J connectivity index is 2.81. The van der Waals surface area contributed by atoms with Crippen LogP contribution in [-0.4, -0.2) is 9.97 Å². The lowest BCUT2D eigenvalue weighted by Crippen LogP contribution is -1.97. The monoisotopic (exact) mass is 187 g/mol. The summed E-state index contributed by atoms with van der Waals surface area (Å²) in [4.78, 5) is 8.42. The summed E-state index contributed by atoms with van der Waals surface area (Å²) in [6, 6.07) is 3.87. The Morgan fingerprint density at radius 2 is 1.71 bits per heavy atom. The second kappa shape index (κ2) is 3.25. The average molecular weight is 187 g/mol. The van der Waals surface area contributed by atoms with Crippen LogP contribution in [0.25, 0.3) is 10.8 Å². The quantitative estimate of drug-likeness (QED) is 0.745. The summed E-state index contributed by atoms with van der Waals surface area (Å²) < 4.78 is 0. The van der Waals surface area contributed by atoms with Crippen LogP contribution in [0.2, 0.25) is 0 Å². The van der Waals surface area contributed by atoms with E-state index >= 15 is 0 Å². The van der Waals surface area contributed by atoms with Gasteiger partial charge in [0.15, 0.2) is 0 Å². The van der Waals surface area contributed by atoms with Crippen LogP contribution in [0, 0.1) is 0 Å². The van der Waals surface area contributed by atoms with Gasteiger partial charge < -0.3 is 5.73 Å². The van der Waals surface area contributed by atoms with Gasteiger partial charge in [-0.1, -0.05) is 13.8 Å². The zero-order valence-electron chi connectivity index (χ0n) is 8.36. The van der Waals surface area contributed by atoms with Gasteiger partial charge in [-0.05, 0) is 18.1 Å². The summed E-state index contributed by atoms with van der Waals surface area (Å²) in [6.07, 6.45) is 3.51. The minimum Gasteiger partial charge on any atom is -0.383 e. The lowest BCUT2D eigenvalue weighted by molar-refractivity contribution is 0.834. The standard InChI is InChI=1S/C11H13N3/c1-7(2)10-8-3-6-14-11(12)9(8)4-5-13-10/h3-7H,1-2H3,(H2,12,14). The van der Waals surface area contributed by atoms with Crippen LogP contribution < -0.4 is 5.73 Å². The van der Waals surface area contributed by atoms with Crippen molar-refractivity contribution in [3.05, 3.63) is 30.2 Å². The van der Waals surface area contributed by atoms with E-state index in [9.17, 15) is 0 Å². The van der Waals surface area contributed by atoms with Crippen molar-refractivity contribution in [3.63, 3.8) is 0 Å². The second-order valence-corrected chi connectivity index (χ2v) is 3.64. The number of nitrogen functional groups attached to an aromatic ring is 1. The molecule has 2 N–H and O–H groups in total. The molecule has 2 rings (SSSR count). The number of pyridine rings is 2. The Labute approximate surface area is 83.0 Å². The Bertz CT molecular complexity index is 463. The molecule has 0 amide bonds. The summed E-state index contributed by atoms with van der Waals surface area (Å²) in [5, 5.41) is 2.10. The number of aromatic nitrogens is 2. The minimum atomic E-state index is 0.403. The molecule has 3 heteroatoms. The minimum absolute atomic E-state index is 0.403. The third kappa shape index (κ3) is 1.31. The van der Waals surface area contributed by atoms with Crippen molar-refractivity contribution in [1.29, 1.82) is 0 Å². The van der Waals surface area contributed by atoms with Crippen molar-refractivity contribution >= 4 is 16.6 Å². The maximum absolute atomic E-state index is 5.79. The van der Waals surface area contributed by atoms with E-state index in [0.717, 1.165) is 16.5 Å². The van der Waals surface area contributed by atoms with Crippen LogP contribution in [0.5, 0.6) is 0 Å². The average Bonchev–Trinajstić information content (AvgIpc) is 2.17. The molecule has 0 unspecified atom stereocenters. The van der Waals surface area contributed by atoms with E-state index in [0.29, 0.717) is 11.7 Å². The van der Waals surface area contributed by atoms with Crippen LogP contribution >= 0.6 is 0 Å². The smallest absolute Gasteiger partial charge is 0.131 e. The number of hydrogen-bond acceptors (Lipinski definition) is 3. The topological polar surface area (TPSA) is 51.8 Å². The van der Waals surface area contributed by atoms with Crippen LogP contribution in [0.1, 0.15) is 25.5 Å². The predicted octanol–water partition coefficient (Wildman–Crippen LogP) is 2.34. The van der Waals surface area contributed by atoms with Crippen LogP contribution in [0.15, 0.2) is 24.5 Å². The van der Waals surface area contributed by atoms with Crippen molar-refractivity contribution in [2.75, 3.05) is 5.73 Å². The van der Waals surface area contributed by atoms with Gasteiger partial charge >= 0.3 is 0 Å². The number of hydrogen-bond donors (Lipinski definition) is 1. The second-order valence-electron chi connectivity index (χ2n) is 3.64. The van der Waals surface area contributed by atoms with Gasteiger partial charge in [0.05, 0.1) is 5.69 Å². The molecule has 0 aliphatic rings. The molecule has 0 fully saturated rings. The first-order valence-corrected chi connectivity index (χ1v) is 4.69. The van der Waals surface area contributed by atoms with Crippen molar-refractivity contribution < 1.29 is 0 Å². The highest BCUT2D eigenvalue weighted by atomic mass is 14.8. The summed E-state index contributed by atoms with van der Waals surface area (Å²) in [5.41, 5.74) is 6.87. The Kier molecular flexibility index (Phi) is 2.08. The molecule has 14 heavy (non-hydrogen) atoms. The van der Waals surface area contributed by atoms with Crippen molar-refractivity contribution in [3.8, 4) is 0 Å². The van der Waals surface area contributed by atoms with Gasteiger partial charge in [0.25, 0.3) is 0 Å². The number of rotatable bonds is 1. The molecule has 0 saturated carbocycles. The van der Waals surface area contributed by atoms with Gasteiger partial charge in [0, 0.05) is 23.2 Å². The predicted molar refractivity (Wildman–Crippen MR) is 58.0 cm³/mol. The van der Waals surface area contributed by atoms with E-state index in [1.807, 2.05) is 12.1 Å². The van der Waals surface area contributed by atoms with Crippen LogP contribution in [0.3, 0.4) is 0 Å². The zero-order valence-corrected chi connectivity index (χ0v) is 8.36. The van der Waals surface area contributed by atoms with Gasteiger partial charge in [0.1, 0.15) is 5.82 Å². The molecular weight excluding hydrogens is 174 g/mol. The van der Waals surface area contributed by atoms with Crippen LogP contribution in [-0.2, 0) is 0 Å². The summed E-state index contributed by atoms with van der Waals surface area (Å²) in [7, 11) is 0. The van der Waals surface area contributed by atoms with E-state index in [1.165, 1.54) is 0 Å². The molecule has 2 aromatic heterocycles. The third-order valence-electron chi connectivity index (χ3n) is 2.30. The number of fused-ring (bicyclic) bond motifs is 1. The van der Waals surface area contributed by atoms with E-state index in [4.69, 9.17) is 5.73 Å². The Morgan fingerprint density at radius 1 is 1.07 bits per heavy atom. The molecule has 0 aliphatic carbocycles. The van der Waals surface area contributed by atoms with E-state index in [-0.39, 0.29) is 0 Å². The molecule has 0 radical (unpaired) electrons. The highest BCUT2D eigenvalue weighted by molar-refractivity contribution is 5.92. The third-order valence-corrected chi connectivity index (χ3v) is 2.30. The summed E-state index contributed by atoms with van der Waals surface area (Å²) in [5.74, 6) is 0.979. The van der Waals surface area contributed by atoms with Gasteiger partial charge in [-0.25, -0.2) is 4.98 Å². The zero-order chi connectivity index (χ0) is 10.1. The molecule has 0 saturated heterocycles. The lowest BCUT2D eigenvalue weighted by Gasteiger charge is -2.08. The number of nitrogens with two attached hydrogens (primary N) is 1. The number of nitrogens with zero attached hydrogens (tertiary/aromatic N) is 2. The summed E-state index contributed by atoms with van der Waals surface area (Å²) >= 11 is 0. The highest BCUT2D eigenvalue weighted by Crippen LogP contribution is 2.25. The van der Waals surface area contributed by atoms with Gasteiger partial charge in [-0.3, -0.25) is 4.98 Å². The molecular formula is C11H13N3.